The van der Waals surface area contributed by atoms with Gasteiger partial charge in [0.25, 0.3) is 5.91 Å². The average molecular weight is 458 g/mol. The summed E-state index contributed by atoms with van der Waals surface area (Å²) >= 11 is 7.52. The van der Waals surface area contributed by atoms with Crippen LogP contribution >= 0.6 is 22.9 Å². The molecule has 0 N–H and O–H groups in total. The lowest BCUT2D eigenvalue weighted by Crippen LogP contribution is -2.36. The van der Waals surface area contributed by atoms with Crippen molar-refractivity contribution in [1.29, 1.82) is 0 Å². The van der Waals surface area contributed by atoms with Gasteiger partial charge in [-0.15, -0.1) is 11.3 Å². The molecule has 0 spiro atoms. The highest BCUT2D eigenvalue weighted by atomic mass is 35.5. The number of hydrogen-bond acceptors (Lipinski definition) is 5. The van der Waals surface area contributed by atoms with Crippen LogP contribution in [-0.4, -0.2) is 47.9 Å². The summed E-state index contributed by atoms with van der Waals surface area (Å²) in [4.78, 5) is 21.7. The number of carbonyl (C=O) groups is 1. The van der Waals surface area contributed by atoms with E-state index < -0.39 is 0 Å². The lowest BCUT2D eigenvalue weighted by atomic mass is 10.1. The molecule has 1 aromatic heterocycles. The Kier molecular flexibility index (Phi) is 8.07. The van der Waals surface area contributed by atoms with Gasteiger partial charge in [0, 0.05) is 29.1 Å². The summed E-state index contributed by atoms with van der Waals surface area (Å²) in [6.07, 6.45) is 0. The number of aromatic nitrogens is 1. The number of carbonyl (C=O) groups excluding carboxylic acids is 1. The van der Waals surface area contributed by atoms with Crippen LogP contribution in [0.4, 0.5) is 0 Å². The van der Waals surface area contributed by atoms with Gasteiger partial charge in [0.1, 0.15) is 17.4 Å². The van der Waals surface area contributed by atoms with Gasteiger partial charge in [-0.25, -0.2) is 4.98 Å². The minimum atomic E-state index is -0.0281. The normalized spacial score (nSPS) is 11.0. The maximum atomic E-state index is 13.1. The third-order valence-corrected chi connectivity index (χ3v) is 6.18. The number of hydrogen-bond donors (Lipinski definition) is 0. The number of halogens is 1. The van der Waals surface area contributed by atoms with Crippen LogP contribution in [0.2, 0.25) is 5.02 Å². The van der Waals surface area contributed by atoms with Gasteiger partial charge in [0.2, 0.25) is 0 Å². The average Bonchev–Trinajstić information content (AvgIpc) is 3.19. The number of benzene rings is 2. The summed E-state index contributed by atoms with van der Waals surface area (Å²) in [5.41, 5.74) is 3.83. The second kappa shape index (κ2) is 10.8. The van der Waals surface area contributed by atoms with Crippen LogP contribution in [0, 0.1) is 13.8 Å². The molecule has 0 bridgehead atoms. The molecule has 0 saturated heterocycles. The van der Waals surface area contributed by atoms with E-state index in [1.807, 2.05) is 36.5 Å². The first kappa shape index (κ1) is 23.3. The third-order valence-electron chi connectivity index (χ3n) is 5.05. The topological polar surface area (TPSA) is 45.7 Å². The maximum absolute atomic E-state index is 13.1. The molecule has 0 aliphatic rings. The highest BCUT2D eigenvalue weighted by Crippen LogP contribution is 2.23. The largest absolute Gasteiger partial charge is 0.486 e. The van der Waals surface area contributed by atoms with Crippen LogP contribution in [0.5, 0.6) is 5.75 Å². The first-order chi connectivity index (χ1) is 14.8. The van der Waals surface area contributed by atoms with E-state index in [1.165, 1.54) is 5.56 Å². The van der Waals surface area contributed by atoms with Crippen molar-refractivity contribution in [3.63, 3.8) is 0 Å². The molecule has 0 aliphatic carbocycles. The number of thiazole rings is 1. The molecule has 31 heavy (non-hydrogen) atoms. The van der Waals surface area contributed by atoms with Gasteiger partial charge < -0.3 is 14.5 Å². The lowest BCUT2D eigenvalue weighted by Gasteiger charge is -2.24. The van der Waals surface area contributed by atoms with E-state index in [2.05, 4.69) is 24.8 Å². The number of aryl methyl sites for hydroxylation is 1. The smallest absolute Gasteiger partial charge is 0.254 e. The van der Waals surface area contributed by atoms with Gasteiger partial charge in [-0.3, -0.25) is 4.79 Å². The number of ether oxygens (including phenoxy) is 1. The number of likely N-dealkylation sites (N-methyl/N-ethyl adjacent to an activating group) is 1. The highest BCUT2D eigenvalue weighted by Gasteiger charge is 2.18. The lowest BCUT2D eigenvalue weighted by molar-refractivity contribution is 0.0730. The SMILES string of the molecule is Cc1cccc(OCc2nc(CN(CCN(C)C)C(=O)c3ccc(Cl)cc3)cs2)c1C. The van der Waals surface area contributed by atoms with Crippen molar-refractivity contribution in [3.8, 4) is 5.75 Å². The molecule has 0 unspecified atom stereocenters. The Labute approximate surface area is 193 Å². The van der Waals surface area contributed by atoms with Crippen molar-refractivity contribution in [2.24, 2.45) is 0 Å². The first-order valence-electron chi connectivity index (χ1n) is 10.2. The summed E-state index contributed by atoms with van der Waals surface area (Å²) in [6, 6.07) is 13.1. The predicted octanol–water partition coefficient (Wildman–Crippen LogP) is 5.20. The number of rotatable bonds is 9. The molecule has 164 valence electrons. The molecule has 2 aromatic carbocycles. The van der Waals surface area contributed by atoms with E-state index in [4.69, 9.17) is 21.3 Å². The van der Waals surface area contributed by atoms with Crippen LogP contribution < -0.4 is 4.74 Å². The van der Waals surface area contributed by atoms with Crippen LogP contribution in [-0.2, 0) is 13.2 Å². The van der Waals surface area contributed by atoms with Gasteiger partial charge in [-0.1, -0.05) is 23.7 Å². The first-order valence-corrected chi connectivity index (χ1v) is 11.4. The highest BCUT2D eigenvalue weighted by molar-refractivity contribution is 7.09. The molecule has 1 heterocycles. The van der Waals surface area contributed by atoms with Crippen molar-refractivity contribution in [1.82, 2.24) is 14.8 Å². The fourth-order valence-corrected chi connectivity index (χ4v) is 3.87. The standard InChI is InChI=1S/C24H28ClN3O2S/c1-17-6-5-7-22(18(17)2)30-15-23-26-21(16-31-23)14-28(13-12-27(3)4)24(29)19-8-10-20(25)11-9-19/h5-11,16H,12-15H2,1-4H3. The van der Waals surface area contributed by atoms with Gasteiger partial charge in [0.05, 0.1) is 12.2 Å². The molecule has 1 amide bonds. The molecule has 0 saturated carbocycles. The zero-order valence-electron chi connectivity index (χ0n) is 18.4. The molecule has 3 rings (SSSR count). The van der Waals surface area contributed by atoms with Gasteiger partial charge >= 0.3 is 0 Å². The van der Waals surface area contributed by atoms with Crippen LogP contribution in [0.15, 0.2) is 47.8 Å². The zero-order valence-corrected chi connectivity index (χ0v) is 20.0. The number of nitrogens with zero attached hydrogens (tertiary/aromatic N) is 3. The third kappa shape index (κ3) is 6.53. The Balaban J connectivity index is 1.68. The van der Waals surface area contributed by atoms with Gasteiger partial charge in [0.15, 0.2) is 0 Å². The molecule has 0 atom stereocenters. The van der Waals surface area contributed by atoms with E-state index in [1.54, 1.807) is 35.6 Å². The van der Waals surface area contributed by atoms with Crippen LogP contribution in [0.25, 0.3) is 0 Å². The second-order valence-corrected chi connectivity index (χ2v) is 9.14. The van der Waals surface area contributed by atoms with E-state index >= 15 is 0 Å². The Hall–Kier alpha value is -2.41. The Morgan fingerprint density at radius 2 is 1.84 bits per heavy atom. The molecule has 3 aromatic rings. The molecule has 0 radical (unpaired) electrons. The second-order valence-electron chi connectivity index (χ2n) is 7.76. The Morgan fingerprint density at radius 3 is 2.55 bits per heavy atom. The van der Waals surface area contributed by atoms with E-state index in [9.17, 15) is 4.79 Å². The molecule has 5 nitrogen and oxygen atoms in total. The Morgan fingerprint density at radius 1 is 1.10 bits per heavy atom. The van der Waals surface area contributed by atoms with E-state index in [0.717, 1.165) is 28.6 Å². The van der Waals surface area contributed by atoms with Crippen molar-refractivity contribution in [3.05, 3.63) is 80.3 Å². The van der Waals surface area contributed by atoms with Crippen LogP contribution in [0.3, 0.4) is 0 Å². The van der Waals surface area contributed by atoms with E-state index in [-0.39, 0.29) is 5.91 Å². The van der Waals surface area contributed by atoms with Crippen molar-refractivity contribution < 1.29 is 9.53 Å². The summed E-state index contributed by atoms with van der Waals surface area (Å²) in [5, 5.41) is 3.51. The minimum absolute atomic E-state index is 0.0281. The quantitative estimate of drug-likeness (QED) is 0.443. The van der Waals surface area contributed by atoms with Crippen molar-refractivity contribution in [2.45, 2.75) is 27.0 Å². The molecule has 0 fully saturated rings. The monoisotopic (exact) mass is 457 g/mol. The van der Waals surface area contributed by atoms with E-state index in [0.29, 0.717) is 30.3 Å². The molecular weight excluding hydrogens is 430 g/mol. The summed E-state index contributed by atoms with van der Waals surface area (Å²) in [7, 11) is 3.99. The predicted molar refractivity (Wildman–Crippen MR) is 127 cm³/mol. The molecule has 0 aliphatic heterocycles. The van der Waals surface area contributed by atoms with Crippen molar-refractivity contribution in [2.75, 3.05) is 27.2 Å². The Bertz CT molecular complexity index is 1020. The van der Waals surface area contributed by atoms with Gasteiger partial charge in [-0.2, -0.15) is 0 Å². The van der Waals surface area contributed by atoms with Gasteiger partial charge in [-0.05, 0) is 69.4 Å². The maximum Gasteiger partial charge on any atom is 0.254 e. The summed E-state index contributed by atoms with van der Waals surface area (Å²) in [5.74, 6) is 0.849. The summed E-state index contributed by atoms with van der Waals surface area (Å²) < 4.78 is 5.98. The minimum Gasteiger partial charge on any atom is -0.486 e. The molecular formula is C24H28ClN3O2S. The fraction of sp³-hybridized carbons (Fsp3) is 0.333. The number of amides is 1. The summed E-state index contributed by atoms with van der Waals surface area (Å²) in [6.45, 7) is 6.38. The van der Waals surface area contributed by atoms with Crippen molar-refractivity contribution >= 4 is 28.8 Å². The van der Waals surface area contributed by atoms with Crippen LogP contribution in [0.1, 0.15) is 32.2 Å². The fourth-order valence-electron chi connectivity index (χ4n) is 3.05. The zero-order chi connectivity index (χ0) is 22.4. The molecule has 7 heteroatoms.